The standard InChI is InChI=1S/C12H13ClO4/c1-6(2)7-4-8(11(14)12(15)16)10(13)9(5-7)17-3/h4-6H,1-3H3,(H,15,16). The number of carboxylic acids is 1. The lowest BCUT2D eigenvalue weighted by Gasteiger charge is -2.12. The summed E-state index contributed by atoms with van der Waals surface area (Å²) in [5.74, 6) is -2.12. The van der Waals surface area contributed by atoms with Crippen molar-refractivity contribution >= 4 is 23.4 Å². The number of methoxy groups -OCH3 is 1. The van der Waals surface area contributed by atoms with Gasteiger partial charge in [0.05, 0.1) is 17.7 Å². The van der Waals surface area contributed by atoms with Crippen LogP contribution < -0.4 is 4.74 Å². The van der Waals surface area contributed by atoms with Gasteiger partial charge in [-0.05, 0) is 23.6 Å². The lowest BCUT2D eigenvalue weighted by molar-refractivity contribution is -0.131. The van der Waals surface area contributed by atoms with Crippen molar-refractivity contribution < 1.29 is 19.4 Å². The molecule has 0 aliphatic rings. The first-order valence-electron chi connectivity index (χ1n) is 5.03. The number of halogens is 1. The fourth-order valence-corrected chi connectivity index (χ4v) is 1.65. The van der Waals surface area contributed by atoms with Crippen LogP contribution >= 0.6 is 11.6 Å². The normalized spacial score (nSPS) is 10.4. The van der Waals surface area contributed by atoms with Crippen molar-refractivity contribution in [2.75, 3.05) is 7.11 Å². The zero-order valence-electron chi connectivity index (χ0n) is 9.78. The number of rotatable bonds is 4. The fraction of sp³-hybridized carbons (Fsp3) is 0.333. The van der Waals surface area contributed by atoms with Crippen LogP contribution in [-0.4, -0.2) is 24.0 Å². The Kier molecular flexibility index (Phi) is 4.12. The van der Waals surface area contributed by atoms with Gasteiger partial charge >= 0.3 is 5.97 Å². The summed E-state index contributed by atoms with van der Waals surface area (Å²) in [5, 5.41) is 8.74. The molecule has 0 aromatic heterocycles. The van der Waals surface area contributed by atoms with Crippen LogP contribution in [0.4, 0.5) is 0 Å². The Labute approximate surface area is 104 Å². The second kappa shape index (κ2) is 5.19. The second-order valence-electron chi connectivity index (χ2n) is 3.87. The molecule has 0 saturated carbocycles. The highest BCUT2D eigenvalue weighted by Crippen LogP contribution is 2.32. The zero-order valence-corrected chi connectivity index (χ0v) is 10.5. The van der Waals surface area contributed by atoms with Crippen molar-refractivity contribution in [3.8, 4) is 5.75 Å². The highest BCUT2D eigenvalue weighted by atomic mass is 35.5. The molecule has 0 spiro atoms. The van der Waals surface area contributed by atoms with Crippen LogP contribution in [-0.2, 0) is 4.79 Å². The molecule has 0 saturated heterocycles. The van der Waals surface area contributed by atoms with Gasteiger partial charge in [-0.3, -0.25) is 4.79 Å². The number of carboxylic acid groups (broad SMARTS) is 1. The van der Waals surface area contributed by atoms with Gasteiger partial charge in [0.1, 0.15) is 5.75 Å². The SMILES string of the molecule is COc1cc(C(C)C)cc(C(=O)C(=O)O)c1Cl. The minimum absolute atomic E-state index is 0.0318. The van der Waals surface area contributed by atoms with E-state index < -0.39 is 11.8 Å². The Morgan fingerprint density at radius 2 is 1.94 bits per heavy atom. The van der Waals surface area contributed by atoms with E-state index in [9.17, 15) is 9.59 Å². The molecule has 1 rings (SSSR count). The summed E-state index contributed by atoms with van der Waals surface area (Å²) in [4.78, 5) is 22.2. The monoisotopic (exact) mass is 256 g/mol. The Morgan fingerprint density at radius 3 is 2.35 bits per heavy atom. The molecule has 0 atom stereocenters. The number of benzene rings is 1. The van der Waals surface area contributed by atoms with E-state index >= 15 is 0 Å². The molecule has 1 aromatic carbocycles. The van der Waals surface area contributed by atoms with Gasteiger partial charge in [-0.15, -0.1) is 0 Å². The predicted molar refractivity (Wildman–Crippen MR) is 64.1 cm³/mol. The molecular weight excluding hydrogens is 244 g/mol. The molecule has 0 fully saturated rings. The van der Waals surface area contributed by atoms with Gasteiger partial charge in [0, 0.05) is 0 Å². The van der Waals surface area contributed by atoms with Crippen LogP contribution in [0.25, 0.3) is 0 Å². The molecule has 0 radical (unpaired) electrons. The van der Waals surface area contributed by atoms with Crippen molar-refractivity contribution in [1.82, 2.24) is 0 Å². The highest BCUT2D eigenvalue weighted by Gasteiger charge is 2.22. The van der Waals surface area contributed by atoms with E-state index in [2.05, 4.69) is 0 Å². The first-order chi connectivity index (χ1) is 7.88. The molecule has 4 nitrogen and oxygen atoms in total. The summed E-state index contributed by atoms with van der Waals surface area (Å²) in [6.45, 7) is 3.86. The van der Waals surface area contributed by atoms with Gasteiger partial charge in [-0.2, -0.15) is 0 Å². The topological polar surface area (TPSA) is 63.6 Å². The maximum atomic E-state index is 11.5. The molecule has 1 N–H and O–H groups in total. The molecule has 0 heterocycles. The summed E-state index contributed by atoms with van der Waals surface area (Å²) in [5.41, 5.74) is 0.762. The maximum absolute atomic E-state index is 11.5. The lowest BCUT2D eigenvalue weighted by Crippen LogP contribution is -2.14. The fourth-order valence-electron chi connectivity index (χ4n) is 1.38. The van der Waals surface area contributed by atoms with Crippen LogP contribution in [0.15, 0.2) is 12.1 Å². The van der Waals surface area contributed by atoms with E-state index in [-0.39, 0.29) is 16.5 Å². The van der Waals surface area contributed by atoms with Crippen LogP contribution in [0.3, 0.4) is 0 Å². The third-order valence-electron chi connectivity index (χ3n) is 2.39. The first kappa shape index (κ1) is 13.5. The average molecular weight is 257 g/mol. The number of hydrogen-bond acceptors (Lipinski definition) is 3. The molecule has 17 heavy (non-hydrogen) atoms. The number of ketones is 1. The number of carbonyl (C=O) groups excluding carboxylic acids is 1. The largest absolute Gasteiger partial charge is 0.495 e. The Morgan fingerprint density at radius 1 is 1.35 bits per heavy atom. The highest BCUT2D eigenvalue weighted by molar-refractivity contribution is 6.45. The third-order valence-corrected chi connectivity index (χ3v) is 2.78. The van der Waals surface area contributed by atoms with Gasteiger partial charge in [-0.25, -0.2) is 4.79 Å². The second-order valence-corrected chi connectivity index (χ2v) is 4.25. The molecule has 0 unspecified atom stereocenters. The quantitative estimate of drug-likeness (QED) is 0.665. The van der Waals surface area contributed by atoms with Gasteiger partial charge in [0.15, 0.2) is 0 Å². The summed E-state index contributed by atoms with van der Waals surface area (Å²) < 4.78 is 5.03. The van der Waals surface area contributed by atoms with E-state index in [1.807, 2.05) is 13.8 Å². The molecule has 0 aliphatic heterocycles. The van der Waals surface area contributed by atoms with Gasteiger partial charge in [0.2, 0.25) is 0 Å². The van der Waals surface area contributed by atoms with Crippen LogP contribution in [0.1, 0.15) is 35.7 Å². The Bertz CT molecular complexity index is 466. The lowest BCUT2D eigenvalue weighted by atomic mass is 9.98. The summed E-state index contributed by atoms with van der Waals surface area (Å²) in [7, 11) is 1.42. The van der Waals surface area contributed by atoms with E-state index in [0.29, 0.717) is 5.75 Å². The smallest absolute Gasteiger partial charge is 0.377 e. The average Bonchev–Trinajstić information content (AvgIpc) is 2.27. The summed E-state index contributed by atoms with van der Waals surface area (Å²) in [6, 6.07) is 3.19. The Hall–Kier alpha value is -1.55. The van der Waals surface area contributed by atoms with Crippen LogP contribution in [0.2, 0.25) is 5.02 Å². The maximum Gasteiger partial charge on any atom is 0.377 e. The molecule has 92 valence electrons. The van der Waals surface area contributed by atoms with Gasteiger partial charge < -0.3 is 9.84 Å². The predicted octanol–water partition coefficient (Wildman–Crippen LogP) is 2.74. The van der Waals surface area contributed by atoms with E-state index in [1.165, 1.54) is 13.2 Å². The summed E-state index contributed by atoms with van der Waals surface area (Å²) in [6.07, 6.45) is 0. The number of carbonyl (C=O) groups is 2. The molecule has 5 heteroatoms. The van der Waals surface area contributed by atoms with Crippen molar-refractivity contribution in [2.45, 2.75) is 19.8 Å². The van der Waals surface area contributed by atoms with Crippen molar-refractivity contribution in [3.63, 3.8) is 0 Å². The molecule has 0 aliphatic carbocycles. The van der Waals surface area contributed by atoms with Crippen molar-refractivity contribution in [1.29, 1.82) is 0 Å². The van der Waals surface area contributed by atoms with Gasteiger partial charge in [-0.1, -0.05) is 25.4 Å². The van der Waals surface area contributed by atoms with E-state index in [4.69, 9.17) is 21.4 Å². The summed E-state index contributed by atoms with van der Waals surface area (Å²) >= 11 is 5.92. The third kappa shape index (κ3) is 2.77. The molecule has 0 bridgehead atoms. The zero-order chi connectivity index (χ0) is 13.2. The number of ether oxygens (including phenoxy) is 1. The Balaban J connectivity index is 3.42. The van der Waals surface area contributed by atoms with Crippen LogP contribution in [0.5, 0.6) is 5.75 Å². The number of Topliss-reactive ketones (excluding diaryl/α,β-unsaturated/α-hetero) is 1. The minimum atomic E-state index is -1.53. The minimum Gasteiger partial charge on any atom is -0.495 e. The van der Waals surface area contributed by atoms with E-state index in [0.717, 1.165) is 5.56 Å². The van der Waals surface area contributed by atoms with Crippen molar-refractivity contribution in [2.24, 2.45) is 0 Å². The number of aliphatic carboxylic acids is 1. The first-order valence-corrected chi connectivity index (χ1v) is 5.41. The van der Waals surface area contributed by atoms with Crippen LogP contribution in [0, 0.1) is 0 Å². The molecular formula is C12H13ClO4. The molecule has 1 aromatic rings. The number of hydrogen-bond donors (Lipinski definition) is 1. The van der Waals surface area contributed by atoms with Gasteiger partial charge in [0.25, 0.3) is 5.78 Å². The molecule has 0 amide bonds. The van der Waals surface area contributed by atoms with Crippen molar-refractivity contribution in [3.05, 3.63) is 28.3 Å². The van der Waals surface area contributed by atoms with E-state index in [1.54, 1.807) is 6.07 Å².